The number of rotatable bonds is 2. The third-order valence-corrected chi connectivity index (χ3v) is 1.49. The fourth-order valence-corrected chi connectivity index (χ4v) is 1.09. The summed E-state index contributed by atoms with van der Waals surface area (Å²) >= 11 is 0. The molecule has 0 heterocycles. The van der Waals surface area contributed by atoms with Crippen LogP contribution in [0.2, 0.25) is 0 Å². The van der Waals surface area contributed by atoms with Gasteiger partial charge in [0.2, 0.25) is 0 Å². The summed E-state index contributed by atoms with van der Waals surface area (Å²) in [5.41, 5.74) is 1.44. The summed E-state index contributed by atoms with van der Waals surface area (Å²) in [7, 11) is 0. The molecule has 1 aromatic carbocycles. The van der Waals surface area contributed by atoms with Crippen LogP contribution in [0.3, 0.4) is 0 Å². The molecule has 0 bridgehead atoms. The monoisotopic (exact) mass is 152 g/mol. The Kier molecular flexibility index (Phi) is 4.55. The van der Waals surface area contributed by atoms with Crippen LogP contribution in [0.15, 0.2) is 30.3 Å². The Bertz CT molecular complexity index is 179. The quantitative estimate of drug-likeness (QED) is 0.621. The van der Waals surface area contributed by atoms with Gasteiger partial charge >= 0.3 is 0 Å². The molecule has 0 fully saturated rings. The molecule has 0 aliphatic rings. The molecule has 0 atom stereocenters. The molecule has 1 rings (SSSR count). The highest BCUT2D eigenvalue weighted by Gasteiger charge is 1.94. The molecular formula is C10H16O. The van der Waals surface area contributed by atoms with Gasteiger partial charge in [-0.3, -0.25) is 0 Å². The van der Waals surface area contributed by atoms with E-state index in [0.717, 1.165) is 5.92 Å². The zero-order valence-electron chi connectivity index (χ0n) is 7.17. The maximum absolute atomic E-state index is 2.24. The van der Waals surface area contributed by atoms with Crippen LogP contribution in [0.1, 0.15) is 19.4 Å². The summed E-state index contributed by atoms with van der Waals surface area (Å²) in [6, 6.07) is 10.6. The van der Waals surface area contributed by atoms with Crippen LogP contribution in [0.5, 0.6) is 0 Å². The number of hydrogen-bond donors (Lipinski definition) is 0. The summed E-state index contributed by atoms with van der Waals surface area (Å²) in [6.07, 6.45) is 1.20. The van der Waals surface area contributed by atoms with Crippen molar-refractivity contribution in [3.05, 3.63) is 35.9 Å². The number of hydrogen-bond acceptors (Lipinski definition) is 0. The van der Waals surface area contributed by atoms with Crippen molar-refractivity contribution in [2.75, 3.05) is 0 Å². The summed E-state index contributed by atoms with van der Waals surface area (Å²) in [6.45, 7) is 4.49. The van der Waals surface area contributed by atoms with E-state index in [2.05, 4.69) is 44.2 Å². The Morgan fingerprint density at radius 2 is 1.64 bits per heavy atom. The fourth-order valence-electron chi connectivity index (χ4n) is 1.09. The van der Waals surface area contributed by atoms with Gasteiger partial charge < -0.3 is 5.48 Å². The van der Waals surface area contributed by atoms with Gasteiger partial charge in [0.1, 0.15) is 0 Å². The van der Waals surface area contributed by atoms with E-state index in [-0.39, 0.29) is 5.48 Å². The van der Waals surface area contributed by atoms with E-state index in [1.54, 1.807) is 0 Å². The Balaban J connectivity index is 0.000001000. The first-order valence-corrected chi connectivity index (χ1v) is 3.83. The van der Waals surface area contributed by atoms with Gasteiger partial charge in [-0.25, -0.2) is 0 Å². The zero-order valence-corrected chi connectivity index (χ0v) is 7.17. The van der Waals surface area contributed by atoms with Gasteiger partial charge in [0.25, 0.3) is 0 Å². The highest BCUT2D eigenvalue weighted by atomic mass is 16.0. The molecule has 0 amide bonds. The third-order valence-electron chi connectivity index (χ3n) is 1.49. The standard InChI is InChI=1S/C10H14.H2O/c1-9(2)8-10-6-4-3-5-7-10;/h3-7,9H,8H2,1-2H3;1H2. The third kappa shape index (κ3) is 3.79. The first kappa shape index (κ1) is 10.2. The molecule has 2 N–H and O–H groups in total. The van der Waals surface area contributed by atoms with Gasteiger partial charge in [-0.05, 0) is 17.9 Å². The summed E-state index contributed by atoms with van der Waals surface area (Å²) in [5, 5.41) is 0. The van der Waals surface area contributed by atoms with Crippen molar-refractivity contribution in [1.82, 2.24) is 0 Å². The average Bonchev–Trinajstić information content (AvgIpc) is 1.88. The lowest BCUT2D eigenvalue weighted by atomic mass is 10.0. The molecule has 1 aromatic rings. The predicted octanol–water partition coefficient (Wildman–Crippen LogP) is 2.06. The Labute approximate surface area is 68.4 Å². The van der Waals surface area contributed by atoms with Gasteiger partial charge in [-0.15, -0.1) is 0 Å². The fraction of sp³-hybridized carbons (Fsp3) is 0.400. The summed E-state index contributed by atoms with van der Waals surface area (Å²) < 4.78 is 0. The van der Waals surface area contributed by atoms with Crippen LogP contribution in [0, 0.1) is 5.92 Å². The highest BCUT2D eigenvalue weighted by molar-refractivity contribution is 5.14. The number of benzene rings is 1. The second-order valence-electron chi connectivity index (χ2n) is 3.08. The largest absolute Gasteiger partial charge is 0.412 e. The molecular weight excluding hydrogens is 136 g/mol. The van der Waals surface area contributed by atoms with E-state index in [1.165, 1.54) is 12.0 Å². The van der Waals surface area contributed by atoms with Crippen LogP contribution < -0.4 is 0 Å². The second kappa shape index (κ2) is 4.91. The molecule has 0 aromatic heterocycles. The molecule has 1 nitrogen and oxygen atoms in total. The van der Waals surface area contributed by atoms with Crippen molar-refractivity contribution in [1.29, 1.82) is 0 Å². The minimum atomic E-state index is 0. The zero-order chi connectivity index (χ0) is 7.40. The molecule has 0 spiro atoms. The molecule has 0 radical (unpaired) electrons. The Morgan fingerprint density at radius 3 is 2.09 bits per heavy atom. The second-order valence-corrected chi connectivity index (χ2v) is 3.08. The van der Waals surface area contributed by atoms with Gasteiger partial charge in [0, 0.05) is 0 Å². The van der Waals surface area contributed by atoms with Crippen molar-refractivity contribution in [2.45, 2.75) is 20.3 Å². The lowest BCUT2D eigenvalue weighted by molar-refractivity contribution is 0.647. The lowest BCUT2D eigenvalue weighted by Gasteiger charge is -2.02. The molecule has 0 saturated carbocycles. The van der Waals surface area contributed by atoms with Crippen molar-refractivity contribution >= 4 is 0 Å². The van der Waals surface area contributed by atoms with Crippen LogP contribution in [-0.4, -0.2) is 5.48 Å². The molecule has 0 aliphatic carbocycles. The van der Waals surface area contributed by atoms with Gasteiger partial charge in [0.05, 0.1) is 0 Å². The van der Waals surface area contributed by atoms with Crippen molar-refractivity contribution in [3.8, 4) is 0 Å². The first-order chi connectivity index (χ1) is 4.79. The maximum atomic E-state index is 2.24. The van der Waals surface area contributed by atoms with E-state index in [4.69, 9.17) is 0 Å². The van der Waals surface area contributed by atoms with Gasteiger partial charge in [-0.2, -0.15) is 0 Å². The molecule has 0 aliphatic heterocycles. The van der Waals surface area contributed by atoms with E-state index in [0.29, 0.717) is 0 Å². The van der Waals surface area contributed by atoms with E-state index >= 15 is 0 Å². The van der Waals surface area contributed by atoms with Crippen LogP contribution >= 0.6 is 0 Å². The molecule has 0 saturated heterocycles. The molecule has 1 heteroatoms. The van der Waals surface area contributed by atoms with Crippen LogP contribution in [0.25, 0.3) is 0 Å². The summed E-state index contributed by atoms with van der Waals surface area (Å²) in [4.78, 5) is 0. The topological polar surface area (TPSA) is 31.5 Å². The van der Waals surface area contributed by atoms with Crippen LogP contribution in [0.4, 0.5) is 0 Å². The molecule has 62 valence electrons. The lowest BCUT2D eigenvalue weighted by Crippen LogP contribution is -1.92. The van der Waals surface area contributed by atoms with E-state index in [1.807, 2.05) is 0 Å². The van der Waals surface area contributed by atoms with Crippen molar-refractivity contribution in [3.63, 3.8) is 0 Å². The Hall–Kier alpha value is -0.820. The first-order valence-electron chi connectivity index (χ1n) is 3.83. The minimum absolute atomic E-state index is 0. The maximum Gasteiger partial charge on any atom is -0.0256 e. The van der Waals surface area contributed by atoms with E-state index < -0.39 is 0 Å². The SMILES string of the molecule is CC(C)Cc1ccccc1.O. The minimum Gasteiger partial charge on any atom is -0.412 e. The Morgan fingerprint density at radius 1 is 1.09 bits per heavy atom. The molecule has 0 unspecified atom stereocenters. The van der Waals surface area contributed by atoms with Gasteiger partial charge in [-0.1, -0.05) is 44.2 Å². The smallest absolute Gasteiger partial charge is 0.0256 e. The normalized spacial score (nSPS) is 9.36. The highest BCUT2D eigenvalue weighted by Crippen LogP contribution is 2.05. The predicted molar refractivity (Wildman–Crippen MR) is 48.6 cm³/mol. The van der Waals surface area contributed by atoms with E-state index in [9.17, 15) is 0 Å². The van der Waals surface area contributed by atoms with Crippen molar-refractivity contribution in [2.24, 2.45) is 5.92 Å². The van der Waals surface area contributed by atoms with Crippen LogP contribution in [-0.2, 0) is 6.42 Å². The van der Waals surface area contributed by atoms with Gasteiger partial charge in [0.15, 0.2) is 0 Å². The average molecular weight is 152 g/mol. The summed E-state index contributed by atoms with van der Waals surface area (Å²) in [5.74, 6) is 0.766. The van der Waals surface area contributed by atoms with Crippen molar-refractivity contribution < 1.29 is 5.48 Å². The molecule has 11 heavy (non-hydrogen) atoms.